The highest BCUT2D eigenvalue weighted by Gasteiger charge is 2.19. The summed E-state index contributed by atoms with van der Waals surface area (Å²) in [5.74, 6) is 0.474. The van der Waals surface area contributed by atoms with Crippen LogP contribution < -0.4 is 4.83 Å². The van der Waals surface area contributed by atoms with E-state index in [2.05, 4.69) is 4.83 Å². The lowest BCUT2D eigenvalue weighted by Gasteiger charge is -2.27. The van der Waals surface area contributed by atoms with Crippen molar-refractivity contribution in [3.63, 3.8) is 0 Å². The third kappa shape index (κ3) is 5.15. The van der Waals surface area contributed by atoms with Crippen LogP contribution in [-0.2, 0) is 10.0 Å². The minimum atomic E-state index is -3.20. The van der Waals surface area contributed by atoms with Gasteiger partial charge in [-0.2, -0.15) is 0 Å². The van der Waals surface area contributed by atoms with Gasteiger partial charge in [0.15, 0.2) is 0 Å². The quantitative estimate of drug-likeness (QED) is 0.750. The van der Waals surface area contributed by atoms with Crippen molar-refractivity contribution >= 4 is 21.6 Å². The van der Waals surface area contributed by atoms with E-state index < -0.39 is 10.0 Å². The topological polar surface area (TPSA) is 49.4 Å². The van der Waals surface area contributed by atoms with Gasteiger partial charge in [-0.15, -0.1) is 16.4 Å². The van der Waals surface area contributed by atoms with Crippen LogP contribution in [0, 0.1) is 5.92 Å². The molecule has 1 aliphatic heterocycles. The maximum absolute atomic E-state index is 11.7. The van der Waals surface area contributed by atoms with Crippen LogP contribution in [0.2, 0.25) is 0 Å². The standard InChI is InChI=1S/C9H19ClN2O2S/c1-9(7-10)8-15(13,14)11-12-5-3-2-4-6-12/h9,11H,2-8H2,1H3. The average Bonchev–Trinajstić information content (AvgIpc) is 2.17. The van der Waals surface area contributed by atoms with E-state index in [1.807, 2.05) is 6.92 Å². The number of piperidine rings is 1. The number of hydrogen-bond donors (Lipinski definition) is 1. The molecule has 1 aliphatic rings. The Labute approximate surface area is 97.0 Å². The Bertz CT molecular complexity index is 276. The molecule has 0 aromatic rings. The first-order chi connectivity index (χ1) is 7.03. The molecule has 90 valence electrons. The van der Waals surface area contributed by atoms with Crippen molar-refractivity contribution < 1.29 is 8.42 Å². The molecule has 0 spiro atoms. The van der Waals surface area contributed by atoms with Crippen LogP contribution in [0.15, 0.2) is 0 Å². The molecule has 0 radical (unpaired) electrons. The van der Waals surface area contributed by atoms with Crippen molar-refractivity contribution in [1.29, 1.82) is 0 Å². The van der Waals surface area contributed by atoms with Gasteiger partial charge in [-0.1, -0.05) is 13.3 Å². The van der Waals surface area contributed by atoms with Gasteiger partial charge >= 0.3 is 0 Å². The number of hydrogen-bond acceptors (Lipinski definition) is 3. The molecule has 1 N–H and O–H groups in total. The molecule has 1 unspecified atom stereocenters. The lowest BCUT2D eigenvalue weighted by molar-refractivity contribution is 0.199. The van der Waals surface area contributed by atoms with E-state index in [9.17, 15) is 8.42 Å². The summed E-state index contributed by atoms with van der Waals surface area (Å²) in [4.78, 5) is 2.61. The maximum Gasteiger partial charge on any atom is 0.224 e. The molecule has 0 bridgehead atoms. The average molecular weight is 255 g/mol. The highest BCUT2D eigenvalue weighted by atomic mass is 35.5. The van der Waals surface area contributed by atoms with Crippen LogP contribution in [0.5, 0.6) is 0 Å². The van der Waals surface area contributed by atoms with Gasteiger partial charge in [0.25, 0.3) is 0 Å². The minimum absolute atomic E-state index is 0.00560. The molecule has 1 atom stereocenters. The first-order valence-corrected chi connectivity index (χ1v) is 7.53. The molecule has 0 aromatic carbocycles. The van der Waals surface area contributed by atoms with Crippen LogP contribution in [0.4, 0.5) is 0 Å². The van der Waals surface area contributed by atoms with Crippen molar-refractivity contribution in [3.05, 3.63) is 0 Å². The fourth-order valence-corrected chi connectivity index (χ4v) is 3.39. The van der Waals surface area contributed by atoms with E-state index in [1.165, 1.54) is 6.42 Å². The first-order valence-electron chi connectivity index (χ1n) is 5.34. The largest absolute Gasteiger partial charge is 0.231 e. The molecule has 0 amide bonds. The number of rotatable bonds is 5. The number of hydrazine groups is 1. The van der Waals surface area contributed by atoms with E-state index in [0.717, 1.165) is 25.9 Å². The normalized spacial score (nSPS) is 21.5. The Morgan fingerprint density at radius 3 is 2.47 bits per heavy atom. The van der Waals surface area contributed by atoms with Gasteiger partial charge in [0, 0.05) is 19.0 Å². The van der Waals surface area contributed by atoms with Gasteiger partial charge < -0.3 is 0 Å². The second kappa shape index (κ2) is 6.03. The van der Waals surface area contributed by atoms with Gasteiger partial charge in [0.1, 0.15) is 0 Å². The fourth-order valence-electron chi connectivity index (χ4n) is 1.64. The maximum atomic E-state index is 11.7. The van der Waals surface area contributed by atoms with Crippen LogP contribution in [0.3, 0.4) is 0 Å². The van der Waals surface area contributed by atoms with E-state index in [1.54, 1.807) is 5.01 Å². The van der Waals surface area contributed by atoms with Gasteiger partial charge in [-0.25, -0.2) is 13.4 Å². The highest BCUT2D eigenvalue weighted by Crippen LogP contribution is 2.08. The zero-order valence-corrected chi connectivity index (χ0v) is 10.6. The van der Waals surface area contributed by atoms with Gasteiger partial charge in [0.2, 0.25) is 10.0 Å². The molecular weight excluding hydrogens is 236 g/mol. The highest BCUT2D eigenvalue weighted by molar-refractivity contribution is 7.89. The lowest BCUT2D eigenvalue weighted by Crippen LogP contribution is -2.46. The number of sulfonamides is 1. The van der Waals surface area contributed by atoms with E-state index in [-0.39, 0.29) is 11.7 Å². The predicted octanol–water partition coefficient (Wildman–Crippen LogP) is 1.18. The Morgan fingerprint density at radius 1 is 1.33 bits per heavy atom. The fraction of sp³-hybridized carbons (Fsp3) is 1.00. The first kappa shape index (κ1) is 13.2. The molecular formula is C9H19ClN2O2S. The second-order valence-corrected chi connectivity index (χ2v) is 6.23. The molecule has 0 saturated carbocycles. The second-order valence-electron chi connectivity index (χ2n) is 4.18. The predicted molar refractivity (Wildman–Crippen MR) is 62.2 cm³/mol. The Kier molecular flexibility index (Phi) is 5.32. The van der Waals surface area contributed by atoms with Crippen LogP contribution in [-0.4, -0.2) is 38.1 Å². The van der Waals surface area contributed by atoms with Gasteiger partial charge in [-0.05, 0) is 18.8 Å². The zero-order chi connectivity index (χ0) is 11.3. The summed E-state index contributed by atoms with van der Waals surface area (Å²) < 4.78 is 23.3. The van der Waals surface area contributed by atoms with E-state index in [4.69, 9.17) is 11.6 Å². The summed E-state index contributed by atoms with van der Waals surface area (Å²) in [5.41, 5.74) is 0. The molecule has 0 aliphatic carbocycles. The summed E-state index contributed by atoms with van der Waals surface area (Å²) in [7, 11) is -3.20. The van der Waals surface area contributed by atoms with Crippen molar-refractivity contribution in [3.8, 4) is 0 Å². The Balaban J connectivity index is 2.40. The number of nitrogens with zero attached hydrogens (tertiary/aromatic N) is 1. The zero-order valence-electron chi connectivity index (χ0n) is 9.08. The minimum Gasteiger partial charge on any atom is -0.231 e. The SMILES string of the molecule is CC(CCl)CS(=O)(=O)NN1CCCCC1. The number of nitrogens with one attached hydrogen (secondary N) is 1. The van der Waals surface area contributed by atoms with Crippen LogP contribution >= 0.6 is 11.6 Å². The molecule has 1 rings (SSSR count). The van der Waals surface area contributed by atoms with Gasteiger partial charge in [-0.3, -0.25) is 0 Å². The van der Waals surface area contributed by atoms with E-state index >= 15 is 0 Å². The molecule has 6 heteroatoms. The van der Waals surface area contributed by atoms with Crippen molar-refractivity contribution in [2.45, 2.75) is 26.2 Å². The summed E-state index contributed by atoms with van der Waals surface area (Å²) in [6, 6.07) is 0. The van der Waals surface area contributed by atoms with E-state index in [0.29, 0.717) is 5.88 Å². The molecule has 1 fully saturated rings. The summed E-state index contributed by atoms with van der Waals surface area (Å²) in [5, 5.41) is 1.79. The summed E-state index contributed by atoms with van der Waals surface area (Å²) in [6.07, 6.45) is 3.32. The number of alkyl halides is 1. The number of halogens is 1. The van der Waals surface area contributed by atoms with Gasteiger partial charge in [0.05, 0.1) is 5.75 Å². The summed E-state index contributed by atoms with van der Waals surface area (Å²) >= 11 is 5.59. The third-order valence-electron chi connectivity index (χ3n) is 2.39. The molecule has 1 heterocycles. The molecule has 15 heavy (non-hydrogen) atoms. The van der Waals surface area contributed by atoms with Crippen molar-refractivity contribution in [2.24, 2.45) is 5.92 Å². The third-order valence-corrected chi connectivity index (χ3v) is 4.46. The lowest BCUT2D eigenvalue weighted by atomic mass is 10.2. The van der Waals surface area contributed by atoms with Crippen molar-refractivity contribution in [1.82, 2.24) is 9.84 Å². The molecule has 4 nitrogen and oxygen atoms in total. The monoisotopic (exact) mass is 254 g/mol. The van der Waals surface area contributed by atoms with Crippen LogP contribution in [0.25, 0.3) is 0 Å². The molecule has 1 saturated heterocycles. The van der Waals surface area contributed by atoms with Crippen molar-refractivity contribution in [2.75, 3.05) is 24.7 Å². The molecule has 0 aromatic heterocycles. The smallest absolute Gasteiger partial charge is 0.224 e. The summed E-state index contributed by atoms with van der Waals surface area (Å²) in [6.45, 7) is 3.46. The Hall–Kier alpha value is 0.160. The Morgan fingerprint density at radius 2 is 1.93 bits per heavy atom. The van der Waals surface area contributed by atoms with Crippen LogP contribution in [0.1, 0.15) is 26.2 Å².